The normalized spacial score (nSPS) is 14.8. The molecule has 2 heterocycles. The van der Waals surface area contributed by atoms with Crippen molar-refractivity contribution in [1.29, 1.82) is 0 Å². The van der Waals surface area contributed by atoms with Gasteiger partial charge in [0.2, 0.25) is 0 Å². The number of benzene rings is 1. The molecule has 0 N–H and O–H groups in total. The van der Waals surface area contributed by atoms with Crippen LogP contribution in [0.4, 0.5) is 5.69 Å². The number of nitrogens with zero attached hydrogens (tertiary/aromatic N) is 3. The van der Waals surface area contributed by atoms with Crippen molar-refractivity contribution in [2.75, 3.05) is 38.2 Å². The second-order valence-corrected chi connectivity index (χ2v) is 5.19. The number of pyridine rings is 1. The number of carbonyl (C=O) groups is 1. The van der Waals surface area contributed by atoms with Gasteiger partial charge in [-0.25, -0.2) is 0 Å². The molecule has 1 fully saturated rings. The van der Waals surface area contributed by atoms with Crippen LogP contribution in [0.2, 0.25) is 0 Å². The van der Waals surface area contributed by atoms with Gasteiger partial charge in [-0.1, -0.05) is 6.07 Å². The molecule has 0 saturated carbocycles. The highest BCUT2D eigenvalue weighted by molar-refractivity contribution is 5.92. The van der Waals surface area contributed by atoms with Crippen molar-refractivity contribution in [3.05, 3.63) is 54.4 Å². The molecular formula is C17H19N3O2. The Bertz CT molecular complexity index is 620. The van der Waals surface area contributed by atoms with E-state index in [4.69, 9.17) is 4.74 Å². The molecule has 0 atom stereocenters. The summed E-state index contributed by atoms with van der Waals surface area (Å²) >= 11 is 0. The Morgan fingerprint density at radius 1 is 1.05 bits per heavy atom. The summed E-state index contributed by atoms with van der Waals surface area (Å²) in [5.74, 6) is 0.864. The molecule has 0 radical (unpaired) electrons. The van der Waals surface area contributed by atoms with Crippen molar-refractivity contribution in [1.82, 2.24) is 9.88 Å². The maximum absolute atomic E-state index is 12.4. The molecule has 0 unspecified atom stereocenters. The maximum atomic E-state index is 12.4. The van der Waals surface area contributed by atoms with Gasteiger partial charge in [0.05, 0.1) is 7.11 Å². The average Bonchev–Trinajstić information content (AvgIpc) is 2.62. The van der Waals surface area contributed by atoms with Crippen molar-refractivity contribution >= 4 is 11.6 Å². The van der Waals surface area contributed by atoms with E-state index in [1.807, 2.05) is 29.2 Å². The van der Waals surface area contributed by atoms with Crippen LogP contribution in [-0.4, -0.2) is 49.1 Å². The highest BCUT2D eigenvalue weighted by atomic mass is 16.5. The molecule has 1 aromatic carbocycles. The van der Waals surface area contributed by atoms with Crippen LogP contribution in [-0.2, 0) is 0 Å². The van der Waals surface area contributed by atoms with E-state index >= 15 is 0 Å². The van der Waals surface area contributed by atoms with Crippen LogP contribution in [0.25, 0.3) is 0 Å². The number of hydrogen-bond donors (Lipinski definition) is 0. The third-order valence-electron chi connectivity index (χ3n) is 3.89. The second kappa shape index (κ2) is 6.47. The zero-order valence-electron chi connectivity index (χ0n) is 12.6. The molecule has 1 amide bonds. The van der Waals surface area contributed by atoms with E-state index in [0.29, 0.717) is 18.8 Å². The lowest BCUT2D eigenvalue weighted by Crippen LogP contribution is -2.49. The van der Waals surface area contributed by atoms with Crippen molar-refractivity contribution in [3.8, 4) is 5.75 Å². The Morgan fingerprint density at radius 2 is 1.77 bits per heavy atom. The van der Waals surface area contributed by atoms with E-state index in [-0.39, 0.29) is 5.91 Å². The van der Waals surface area contributed by atoms with Gasteiger partial charge in [-0.05, 0) is 36.4 Å². The van der Waals surface area contributed by atoms with Crippen LogP contribution in [0.5, 0.6) is 5.75 Å². The minimum atomic E-state index is 0.00924. The van der Waals surface area contributed by atoms with E-state index in [1.54, 1.807) is 19.4 Å². The Kier molecular flexibility index (Phi) is 4.23. The smallest absolute Gasteiger partial charge is 0.272 e. The number of rotatable bonds is 3. The molecule has 114 valence electrons. The molecule has 2 aromatic rings. The molecule has 5 nitrogen and oxygen atoms in total. The quantitative estimate of drug-likeness (QED) is 0.870. The number of hydrogen-bond acceptors (Lipinski definition) is 4. The van der Waals surface area contributed by atoms with Gasteiger partial charge in [0.1, 0.15) is 11.4 Å². The minimum Gasteiger partial charge on any atom is -0.497 e. The Morgan fingerprint density at radius 3 is 2.36 bits per heavy atom. The van der Waals surface area contributed by atoms with Crippen molar-refractivity contribution in [2.45, 2.75) is 0 Å². The summed E-state index contributed by atoms with van der Waals surface area (Å²) in [6, 6.07) is 13.4. The fourth-order valence-electron chi connectivity index (χ4n) is 2.61. The topological polar surface area (TPSA) is 45.7 Å². The van der Waals surface area contributed by atoms with Gasteiger partial charge in [0, 0.05) is 38.1 Å². The number of piperazine rings is 1. The monoisotopic (exact) mass is 297 g/mol. The van der Waals surface area contributed by atoms with E-state index in [0.717, 1.165) is 24.5 Å². The van der Waals surface area contributed by atoms with Crippen LogP contribution < -0.4 is 9.64 Å². The number of aromatic nitrogens is 1. The van der Waals surface area contributed by atoms with Gasteiger partial charge >= 0.3 is 0 Å². The van der Waals surface area contributed by atoms with E-state index in [9.17, 15) is 4.79 Å². The van der Waals surface area contributed by atoms with Gasteiger partial charge in [0.25, 0.3) is 5.91 Å². The summed E-state index contributed by atoms with van der Waals surface area (Å²) in [5, 5.41) is 0. The Labute approximate surface area is 130 Å². The molecule has 1 aliphatic heterocycles. The number of carbonyl (C=O) groups excluding carboxylic acids is 1. The summed E-state index contributed by atoms with van der Waals surface area (Å²) in [4.78, 5) is 20.6. The van der Waals surface area contributed by atoms with Gasteiger partial charge < -0.3 is 14.5 Å². The molecule has 22 heavy (non-hydrogen) atoms. The van der Waals surface area contributed by atoms with Crippen molar-refractivity contribution in [3.63, 3.8) is 0 Å². The molecule has 3 rings (SSSR count). The second-order valence-electron chi connectivity index (χ2n) is 5.19. The zero-order valence-corrected chi connectivity index (χ0v) is 12.6. The first-order valence-corrected chi connectivity index (χ1v) is 7.37. The predicted octanol–water partition coefficient (Wildman–Crippen LogP) is 2.05. The van der Waals surface area contributed by atoms with Crippen LogP contribution in [0.3, 0.4) is 0 Å². The van der Waals surface area contributed by atoms with Gasteiger partial charge in [-0.2, -0.15) is 0 Å². The largest absolute Gasteiger partial charge is 0.497 e. The van der Waals surface area contributed by atoms with Crippen molar-refractivity contribution in [2.24, 2.45) is 0 Å². The number of anilines is 1. The third-order valence-corrected chi connectivity index (χ3v) is 3.89. The Balaban J connectivity index is 1.61. The molecule has 5 heteroatoms. The number of amides is 1. The lowest BCUT2D eigenvalue weighted by Gasteiger charge is -2.36. The van der Waals surface area contributed by atoms with E-state index in [2.05, 4.69) is 22.0 Å². The SMILES string of the molecule is COc1ccc(N2CCN(C(=O)c3ccccn3)CC2)cc1. The lowest BCUT2D eigenvalue weighted by atomic mass is 10.2. The summed E-state index contributed by atoms with van der Waals surface area (Å²) in [5.41, 5.74) is 1.67. The Hall–Kier alpha value is -2.56. The fraction of sp³-hybridized carbons (Fsp3) is 0.294. The van der Waals surface area contributed by atoms with E-state index in [1.165, 1.54) is 0 Å². The fourth-order valence-corrected chi connectivity index (χ4v) is 2.61. The predicted molar refractivity (Wildman–Crippen MR) is 85.3 cm³/mol. The molecule has 1 saturated heterocycles. The number of methoxy groups -OCH3 is 1. The summed E-state index contributed by atoms with van der Waals surface area (Å²) in [7, 11) is 1.66. The zero-order chi connectivity index (χ0) is 15.4. The third kappa shape index (κ3) is 3.03. The summed E-state index contributed by atoms with van der Waals surface area (Å²) in [6.45, 7) is 3.07. The average molecular weight is 297 g/mol. The lowest BCUT2D eigenvalue weighted by molar-refractivity contribution is 0.0741. The van der Waals surface area contributed by atoms with Gasteiger partial charge in [0.15, 0.2) is 0 Å². The first-order valence-electron chi connectivity index (χ1n) is 7.37. The van der Waals surface area contributed by atoms with Crippen LogP contribution >= 0.6 is 0 Å². The molecule has 0 bridgehead atoms. The van der Waals surface area contributed by atoms with E-state index < -0.39 is 0 Å². The molecule has 1 aliphatic rings. The number of ether oxygens (including phenoxy) is 1. The standard InChI is InChI=1S/C17H19N3O2/c1-22-15-7-5-14(6-8-15)19-10-12-20(13-11-19)17(21)16-4-2-3-9-18-16/h2-9H,10-13H2,1H3. The summed E-state index contributed by atoms with van der Waals surface area (Å²) < 4.78 is 5.18. The maximum Gasteiger partial charge on any atom is 0.272 e. The van der Waals surface area contributed by atoms with Gasteiger partial charge in [-0.3, -0.25) is 9.78 Å². The first-order chi connectivity index (χ1) is 10.8. The molecule has 1 aromatic heterocycles. The molecule has 0 aliphatic carbocycles. The molecule has 0 spiro atoms. The first kappa shape index (κ1) is 14.4. The van der Waals surface area contributed by atoms with Crippen LogP contribution in [0, 0.1) is 0 Å². The van der Waals surface area contributed by atoms with Gasteiger partial charge in [-0.15, -0.1) is 0 Å². The van der Waals surface area contributed by atoms with Crippen LogP contribution in [0.1, 0.15) is 10.5 Å². The van der Waals surface area contributed by atoms with Crippen LogP contribution in [0.15, 0.2) is 48.7 Å². The molecular weight excluding hydrogens is 278 g/mol. The minimum absolute atomic E-state index is 0.00924. The highest BCUT2D eigenvalue weighted by Gasteiger charge is 2.22. The van der Waals surface area contributed by atoms with Crippen molar-refractivity contribution < 1.29 is 9.53 Å². The summed E-state index contributed by atoms with van der Waals surface area (Å²) in [6.07, 6.45) is 1.65. The highest BCUT2D eigenvalue weighted by Crippen LogP contribution is 2.20.